The third kappa shape index (κ3) is 4.36. The number of hydrogen-bond donors (Lipinski definition) is 2. The smallest absolute Gasteiger partial charge is 0.282 e. The van der Waals surface area contributed by atoms with Gasteiger partial charge in [-0.3, -0.25) is 14.4 Å². The number of amides is 3. The standard InChI is InChI=1S/C25H19ClFN3O3/c1-14-13-17(26)9-12-20(14)29-23-22(16-7-10-18(11-8-16)28-15(2)31)24(32)30(25(23)33)21-6-4-3-5-19(21)27/h3-13,29H,1-2H3,(H,28,31). The van der Waals surface area contributed by atoms with Crippen LogP contribution >= 0.6 is 11.6 Å². The minimum Gasteiger partial charge on any atom is -0.350 e. The monoisotopic (exact) mass is 463 g/mol. The molecule has 166 valence electrons. The molecule has 0 unspecified atom stereocenters. The molecule has 0 aliphatic carbocycles. The van der Waals surface area contributed by atoms with Gasteiger partial charge in [-0.05, 0) is 60.5 Å². The molecule has 33 heavy (non-hydrogen) atoms. The van der Waals surface area contributed by atoms with Crippen LogP contribution in [0.2, 0.25) is 5.02 Å². The molecule has 0 bridgehead atoms. The lowest BCUT2D eigenvalue weighted by molar-refractivity contribution is -0.120. The number of imide groups is 1. The molecule has 2 N–H and O–H groups in total. The van der Waals surface area contributed by atoms with E-state index in [0.717, 1.165) is 10.5 Å². The normalized spacial score (nSPS) is 13.5. The largest absolute Gasteiger partial charge is 0.350 e. The number of para-hydroxylation sites is 1. The van der Waals surface area contributed by atoms with Gasteiger partial charge in [0.15, 0.2) is 0 Å². The molecule has 1 heterocycles. The predicted molar refractivity (Wildman–Crippen MR) is 126 cm³/mol. The maximum Gasteiger partial charge on any atom is 0.282 e. The molecule has 1 aliphatic heterocycles. The molecule has 0 aromatic heterocycles. The first kappa shape index (κ1) is 22.2. The summed E-state index contributed by atoms with van der Waals surface area (Å²) in [4.78, 5) is 38.9. The first-order valence-corrected chi connectivity index (χ1v) is 10.4. The number of halogens is 2. The molecule has 0 fully saturated rings. The zero-order valence-corrected chi connectivity index (χ0v) is 18.5. The second kappa shape index (κ2) is 8.88. The summed E-state index contributed by atoms with van der Waals surface area (Å²) in [6.07, 6.45) is 0. The second-order valence-electron chi connectivity index (χ2n) is 7.49. The Morgan fingerprint density at radius 2 is 1.67 bits per heavy atom. The van der Waals surface area contributed by atoms with Crippen LogP contribution in [0.1, 0.15) is 18.1 Å². The van der Waals surface area contributed by atoms with Gasteiger partial charge in [0.1, 0.15) is 11.5 Å². The average molecular weight is 464 g/mol. The Bertz CT molecular complexity index is 1320. The number of anilines is 3. The minimum atomic E-state index is -0.691. The molecule has 3 amide bonds. The summed E-state index contributed by atoms with van der Waals surface area (Å²) in [5.74, 6) is -2.27. The lowest BCUT2D eigenvalue weighted by atomic mass is 10.0. The van der Waals surface area contributed by atoms with Gasteiger partial charge in [0.25, 0.3) is 11.8 Å². The minimum absolute atomic E-state index is 0.0148. The van der Waals surface area contributed by atoms with E-state index in [0.29, 0.717) is 22.0 Å². The Hall–Kier alpha value is -3.97. The quantitative estimate of drug-likeness (QED) is 0.513. The first-order chi connectivity index (χ1) is 15.8. The van der Waals surface area contributed by atoms with Crippen LogP contribution in [0.15, 0.2) is 72.4 Å². The van der Waals surface area contributed by atoms with Crippen molar-refractivity contribution in [2.45, 2.75) is 13.8 Å². The summed E-state index contributed by atoms with van der Waals surface area (Å²) >= 11 is 6.04. The van der Waals surface area contributed by atoms with E-state index in [9.17, 15) is 18.8 Å². The number of nitrogens with zero attached hydrogens (tertiary/aromatic N) is 1. The SMILES string of the molecule is CC(=O)Nc1ccc(C2=C(Nc3ccc(Cl)cc3C)C(=O)N(c3ccccc3F)C2=O)cc1. The Balaban J connectivity index is 1.82. The van der Waals surface area contributed by atoms with Gasteiger partial charge in [0, 0.05) is 23.3 Å². The van der Waals surface area contributed by atoms with Crippen LogP contribution in [0.25, 0.3) is 5.57 Å². The van der Waals surface area contributed by atoms with Gasteiger partial charge in [-0.1, -0.05) is 35.9 Å². The molecule has 3 aromatic carbocycles. The lowest BCUT2D eigenvalue weighted by Crippen LogP contribution is -2.33. The highest BCUT2D eigenvalue weighted by atomic mass is 35.5. The van der Waals surface area contributed by atoms with Crippen molar-refractivity contribution in [1.29, 1.82) is 0 Å². The average Bonchev–Trinajstić information content (AvgIpc) is 3.00. The molecular formula is C25H19ClFN3O3. The highest BCUT2D eigenvalue weighted by Gasteiger charge is 2.41. The van der Waals surface area contributed by atoms with Crippen molar-refractivity contribution in [2.75, 3.05) is 15.5 Å². The fourth-order valence-electron chi connectivity index (χ4n) is 3.59. The molecule has 0 saturated heterocycles. The first-order valence-electron chi connectivity index (χ1n) is 10.0. The molecule has 4 rings (SSSR count). The number of rotatable bonds is 5. The van der Waals surface area contributed by atoms with Gasteiger partial charge >= 0.3 is 0 Å². The third-order valence-corrected chi connectivity index (χ3v) is 5.35. The van der Waals surface area contributed by atoms with Crippen molar-refractivity contribution in [2.24, 2.45) is 0 Å². The van der Waals surface area contributed by atoms with Crippen LogP contribution in [0.5, 0.6) is 0 Å². The maximum absolute atomic E-state index is 14.5. The van der Waals surface area contributed by atoms with E-state index < -0.39 is 17.6 Å². The Kier molecular flexibility index (Phi) is 5.98. The second-order valence-corrected chi connectivity index (χ2v) is 7.93. The highest BCUT2D eigenvalue weighted by Crippen LogP contribution is 2.35. The molecule has 8 heteroatoms. The molecule has 1 aliphatic rings. The van der Waals surface area contributed by atoms with Crippen molar-refractivity contribution in [3.8, 4) is 0 Å². The van der Waals surface area contributed by atoms with Gasteiger partial charge in [0.2, 0.25) is 5.91 Å². The Morgan fingerprint density at radius 1 is 0.970 bits per heavy atom. The number of benzene rings is 3. The Morgan fingerprint density at radius 3 is 2.30 bits per heavy atom. The highest BCUT2D eigenvalue weighted by molar-refractivity contribution is 6.46. The summed E-state index contributed by atoms with van der Waals surface area (Å²) in [5, 5.41) is 6.23. The lowest BCUT2D eigenvalue weighted by Gasteiger charge is -2.16. The third-order valence-electron chi connectivity index (χ3n) is 5.12. The number of hydrogen-bond acceptors (Lipinski definition) is 4. The predicted octanol–water partition coefficient (Wildman–Crippen LogP) is 5.14. The number of carbonyl (C=O) groups is 3. The van der Waals surface area contributed by atoms with Crippen molar-refractivity contribution in [3.05, 3.63) is 94.4 Å². The maximum atomic E-state index is 14.5. The van der Waals surface area contributed by atoms with Gasteiger partial charge in [0.05, 0.1) is 11.3 Å². The Labute approximate surface area is 194 Å². The number of aryl methyl sites for hydroxylation is 1. The zero-order valence-electron chi connectivity index (χ0n) is 17.8. The van der Waals surface area contributed by atoms with Crippen LogP contribution in [0.4, 0.5) is 21.5 Å². The van der Waals surface area contributed by atoms with Crippen molar-refractivity contribution >= 4 is 52.0 Å². The number of nitrogens with one attached hydrogen (secondary N) is 2. The van der Waals surface area contributed by atoms with Crippen LogP contribution < -0.4 is 15.5 Å². The van der Waals surface area contributed by atoms with E-state index in [1.807, 2.05) is 6.92 Å². The van der Waals surface area contributed by atoms with Crippen LogP contribution in [0, 0.1) is 12.7 Å². The summed E-state index contributed by atoms with van der Waals surface area (Å²) in [5.41, 5.74) is 2.30. The van der Waals surface area contributed by atoms with Gasteiger partial charge < -0.3 is 10.6 Å². The molecule has 0 saturated carbocycles. The van der Waals surface area contributed by atoms with Gasteiger partial charge in [-0.15, -0.1) is 0 Å². The van der Waals surface area contributed by atoms with Crippen LogP contribution in [-0.2, 0) is 14.4 Å². The van der Waals surface area contributed by atoms with E-state index in [1.165, 1.54) is 25.1 Å². The summed E-state index contributed by atoms with van der Waals surface area (Å²) in [6, 6.07) is 17.2. The summed E-state index contributed by atoms with van der Waals surface area (Å²) < 4.78 is 14.5. The van der Waals surface area contributed by atoms with Crippen LogP contribution in [0.3, 0.4) is 0 Å². The van der Waals surface area contributed by atoms with E-state index in [-0.39, 0.29) is 22.9 Å². The van der Waals surface area contributed by atoms with Gasteiger partial charge in [-0.2, -0.15) is 0 Å². The zero-order chi connectivity index (χ0) is 23.7. The molecule has 0 atom stereocenters. The molecule has 0 spiro atoms. The van der Waals surface area contributed by atoms with Gasteiger partial charge in [-0.25, -0.2) is 9.29 Å². The van der Waals surface area contributed by atoms with Crippen LogP contribution in [-0.4, -0.2) is 17.7 Å². The van der Waals surface area contributed by atoms with E-state index in [1.54, 1.807) is 48.5 Å². The van der Waals surface area contributed by atoms with Crippen molar-refractivity contribution in [3.63, 3.8) is 0 Å². The molecule has 3 aromatic rings. The molecular weight excluding hydrogens is 445 g/mol. The summed E-state index contributed by atoms with van der Waals surface area (Å²) in [7, 11) is 0. The summed E-state index contributed by atoms with van der Waals surface area (Å²) in [6.45, 7) is 3.20. The van der Waals surface area contributed by atoms with E-state index in [4.69, 9.17) is 11.6 Å². The topological polar surface area (TPSA) is 78.5 Å². The fraction of sp³-hybridized carbons (Fsp3) is 0.0800. The number of carbonyl (C=O) groups excluding carboxylic acids is 3. The fourth-order valence-corrected chi connectivity index (χ4v) is 3.82. The van der Waals surface area contributed by atoms with E-state index in [2.05, 4.69) is 10.6 Å². The molecule has 6 nitrogen and oxygen atoms in total. The van der Waals surface area contributed by atoms with Crippen molar-refractivity contribution < 1.29 is 18.8 Å². The van der Waals surface area contributed by atoms with E-state index >= 15 is 0 Å². The van der Waals surface area contributed by atoms with Crippen molar-refractivity contribution in [1.82, 2.24) is 0 Å². The molecule has 0 radical (unpaired) electrons.